The molecule has 0 fully saturated rings. The SMILES string of the molecule is CCn1ncc(CN(C)C(=O)c2nc(-c3ccc4[nH]nc(N)c4c3)nc3ccc(O)cc23)c1C. The molecule has 1 amide bonds. The normalized spacial score (nSPS) is 11.4. The lowest BCUT2D eigenvalue weighted by molar-refractivity contribution is 0.0781. The van der Waals surface area contributed by atoms with Crippen molar-refractivity contribution in [1.82, 2.24) is 34.8 Å². The van der Waals surface area contributed by atoms with Gasteiger partial charge in [0.25, 0.3) is 5.91 Å². The Labute approximate surface area is 195 Å². The number of amides is 1. The molecule has 0 bridgehead atoms. The molecule has 0 spiro atoms. The molecule has 4 N–H and O–H groups in total. The van der Waals surface area contributed by atoms with Gasteiger partial charge in [0.1, 0.15) is 11.4 Å². The third-order valence-electron chi connectivity index (χ3n) is 5.99. The highest BCUT2D eigenvalue weighted by molar-refractivity contribution is 6.05. The first-order valence-electron chi connectivity index (χ1n) is 10.9. The van der Waals surface area contributed by atoms with Crippen LogP contribution in [0.3, 0.4) is 0 Å². The number of aryl methyl sites for hydroxylation is 1. The van der Waals surface area contributed by atoms with Crippen molar-refractivity contribution in [2.45, 2.75) is 26.9 Å². The lowest BCUT2D eigenvalue weighted by Gasteiger charge is -2.18. The number of anilines is 1. The summed E-state index contributed by atoms with van der Waals surface area (Å²) in [6.07, 6.45) is 1.78. The van der Waals surface area contributed by atoms with Gasteiger partial charge in [0.2, 0.25) is 0 Å². The summed E-state index contributed by atoms with van der Waals surface area (Å²) in [5, 5.41) is 22.6. The number of H-pyrrole nitrogens is 1. The van der Waals surface area contributed by atoms with Gasteiger partial charge in [-0.05, 0) is 50.2 Å². The van der Waals surface area contributed by atoms with Gasteiger partial charge in [-0.15, -0.1) is 0 Å². The molecule has 0 aliphatic heterocycles. The number of aromatic amines is 1. The molecule has 5 rings (SSSR count). The summed E-state index contributed by atoms with van der Waals surface area (Å²) in [6.45, 7) is 5.14. The minimum absolute atomic E-state index is 0.0354. The predicted octanol–water partition coefficient (Wildman–Crippen LogP) is 3.26. The van der Waals surface area contributed by atoms with E-state index in [1.165, 1.54) is 12.1 Å². The number of nitrogens with two attached hydrogens (primary N) is 1. The third kappa shape index (κ3) is 3.58. The molecular weight excluding hydrogens is 432 g/mol. The number of rotatable bonds is 5. The average Bonchev–Trinajstić information content (AvgIpc) is 3.39. The first kappa shape index (κ1) is 21.4. The standard InChI is InChI=1S/C24H24N8O2/c1-4-32-13(2)15(11-26-32)12-31(3)24(34)21-17-10-16(33)6-8-19(17)27-23(28-21)14-5-7-20-18(9-14)22(25)30-29-20/h5-11,33H,4,12H2,1-3H3,(H3,25,29,30). The number of benzene rings is 2. The van der Waals surface area contributed by atoms with Crippen LogP contribution in [0.2, 0.25) is 0 Å². The van der Waals surface area contributed by atoms with E-state index >= 15 is 0 Å². The maximum atomic E-state index is 13.6. The van der Waals surface area contributed by atoms with Crippen molar-refractivity contribution >= 4 is 33.5 Å². The van der Waals surface area contributed by atoms with E-state index in [-0.39, 0.29) is 17.4 Å². The first-order chi connectivity index (χ1) is 16.4. The van der Waals surface area contributed by atoms with Gasteiger partial charge in [-0.1, -0.05) is 0 Å². The van der Waals surface area contributed by atoms with Gasteiger partial charge in [-0.3, -0.25) is 14.6 Å². The summed E-state index contributed by atoms with van der Waals surface area (Å²) in [5.74, 6) is 0.508. The van der Waals surface area contributed by atoms with Crippen molar-refractivity contribution in [3.05, 3.63) is 59.5 Å². The van der Waals surface area contributed by atoms with E-state index in [1.54, 1.807) is 24.2 Å². The highest BCUT2D eigenvalue weighted by Crippen LogP contribution is 2.28. The summed E-state index contributed by atoms with van der Waals surface area (Å²) < 4.78 is 1.89. The molecule has 34 heavy (non-hydrogen) atoms. The van der Waals surface area contributed by atoms with Crippen LogP contribution in [0.4, 0.5) is 5.82 Å². The number of fused-ring (bicyclic) bond motifs is 2. The predicted molar refractivity (Wildman–Crippen MR) is 129 cm³/mol. The van der Waals surface area contributed by atoms with Gasteiger partial charge in [0.15, 0.2) is 11.6 Å². The third-order valence-corrected chi connectivity index (χ3v) is 5.99. The number of nitrogens with zero attached hydrogens (tertiary/aromatic N) is 6. The number of phenols is 1. The van der Waals surface area contributed by atoms with E-state index in [4.69, 9.17) is 5.73 Å². The number of aromatic nitrogens is 6. The fourth-order valence-corrected chi connectivity index (χ4v) is 4.05. The van der Waals surface area contributed by atoms with Gasteiger partial charge in [-0.25, -0.2) is 9.97 Å². The van der Waals surface area contributed by atoms with Crippen LogP contribution in [0.25, 0.3) is 33.2 Å². The summed E-state index contributed by atoms with van der Waals surface area (Å²) in [4.78, 5) is 24.4. The first-order valence-corrected chi connectivity index (χ1v) is 10.9. The van der Waals surface area contributed by atoms with Crippen LogP contribution in [0, 0.1) is 6.92 Å². The minimum Gasteiger partial charge on any atom is -0.508 e. The Bertz CT molecular complexity index is 1550. The Kier molecular flexibility index (Phi) is 5.12. The second kappa shape index (κ2) is 8.14. The number of aromatic hydroxyl groups is 1. The number of nitrogens with one attached hydrogen (secondary N) is 1. The van der Waals surface area contributed by atoms with E-state index in [9.17, 15) is 9.90 Å². The maximum Gasteiger partial charge on any atom is 0.273 e. The zero-order valence-electron chi connectivity index (χ0n) is 19.1. The van der Waals surface area contributed by atoms with Crippen molar-refractivity contribution < 1.29 is 9.90 Å². The molecule has 0 aliphatic carbocycles. The van der Waals surface area contributed by atoms with E-state index < -0.39 is 0 Å². The average molecular weight is 457 g/mol. The lowest BCUT2D eigenvalue weighted by atomic mass is 10.1. The van der Waals surface area contributed by atoms with E-state index in [0.717, 1.165) is 28.7 Å². The topological polar surface area (TPSA) is 139 Å². The molecule has 10 heteroatoms. The summed E-state index contributed by atoms with van der Waals surface area (Å²) in [7, 11) is 1.72. The largest absolute Gasteiger partial charge is 0.508 e. The highest BCUT2D eigenvalue weighted by Gasteiger charge is 2.21. The monoisotopic (exact) mass is 456 g/mol. The van der Waals surface area contributed by atoms with Crippen LogP contribution in [-0.2, 0) is 13.1 Å². The number of hydrogen-bond acceptors (Lipinski definition) is 7. The molecule has 3 heterocycles. The van der Waals surface area contributed by atoms with Crippen LogP contribution in [0.5, 0.6) is 5.75 Å². The molecule has 2 aromatic carbocycles. The van der Waals surface area contributed by atoms with Crippen LogP contribution in [-0.4, -0.2) is 52.9 Å². The van der Waals surface area contributed by atoms with E-state index in [2.05, 4.69) is 25.3 Å². The van der Waals surface area contributed by atoms with E-state index in [1.807, 2.05) is 36.7 Å². The number of phenolic OH excluding ortho intramolecular Hbond substituents is 1. The van der Waals surface area contributed by atoms with Crippen LogP contribution < -0.4 is 5.73 Å². The molecule has 0 saturated heterocycles. The fraction of sp³-hybridized carbons (Fsp3) is 0.208. The number of carbonyl (C=O) groups excluding carboxylic acids is 1. The zero-order valence-corrected chi connectivity index (χ0v) is 19.1. The number of hydrogen-bond donors (Lipinski definition) is 3. The van der Waals surface area contributed by atoms with Gasteiger partial charge < -0.3 is 15.7 Å². The summed E-state index contributed by atoms with van der Waals surface area (Å²) >= 11 is 0. The van der Waals surface area contributed by atoms with Gasteiger partial charge in [0, 0.05) is 47.7 Å². The minimum atomic E-state index is -0.285. The smallest absolute Gasteiger partial charge is 0.273 e. The molecule has 0 aliphatic rings. The Hall–Kier alpha value is -4.47. The van der Waals surface area contributed by atoms with Crippen LogP contribution >= 0.6 is 0 Å². The van der Waals surface area contributed by atoms with Crippen molar-refractivity contribution in [3.8, 4) is 17.1 Å². The van der Waals surface area contributed by atoms with Crippen LogP contribution in [0.15, 0.2) is 42.6 Å². The Morgan fingerprint density at radius 1 is 1.18 bits per heavy atom. The van der Waals surface area contributed by atoms with Crippen molar-refractivity contribution in [3.63, 3.8) is 0 Å². The zero-order chi connectivity index (χ0) is 24.0. The molecule has 0 saturated carbocycles. The molecule has 0 radical (unpaired) electrons. The molecule has 0 atom stereocenters. The Morgan fingerprint density at radius 3 is 2.76 bits per heavy atom. The highest BCUT2D eigenvalue weighted by atomic mass is 16.3. The second-order valence-corrected chi connectivity index (χ2v) is 8.20. The van der Waals surface area contributed by atoms with Crippen LogP contribution in [0.1, 0.15) is 28.7 Å². The molecule has 3 aromatic heterocycles. The maximum absolute atomic E-state index is 13.6. The Balaban J connectivity index is 1.59. The molecule has 0 unspecified atom stereocenters. The molecule has 5 aromatic rings. The number of carbonyl (C=O) groups is 1. The van der Waals surface area contributed by atoms with Crippen molar-refractivity contribution in [2.24, 2.45) is 0 Å². The van der Waals surface area contributed by atoms with Crippen molar-refractivity contribution in [2.75, 3.05) is 12.8 Å². The number of nitrogen functional groups attached to an aromatic ring is 1. The fourth-order valence-electron chi connectivity index (χ4n) is 4.05. The Morgan fingerprint density at radius 2 is 2.00 bits per heavy atom. The molecular formula is C24H24N8O2. The van der Waals surface area contributed by atoms with Gasteiger partial charge >= 0.3 is 0 Å². The van der Waals surface area contributed by atoms with Gasteiger partial charge in [0.05, 0.1) is 17.2 Å². The molecule has 10 nitrogen and oxygen atoms in total. The second-order valence-electron chi connectivity index (χ2n) is 8.20. The molecule has 172 valence electrons. The quantitative estimate of drug-likeness (QED) is 0.369. The summed E-state index contributed by atoms with van der Waals surface area (Å²) in [5.41, 5.74) is 10.2. The van der Waals surface area contributed by atoms with Crippen molar-refractivity contribution in [1.29, 1.82) is 0 Å². The van der Waals surface area contributed by atoms with Gasteiger partial charge in [-0.2, -0.15) is 10.2 Å². The van der Waals surface area contributed by atoms with E-state index in [0.29, 0.717) is 34.7 Å². The lowest BCUT2D eigenvalue weighted by Crippen LogP contribution is -2.27. The summed E-state index contributed by atoms with van der Waals surface area (Å²) in [6, 6.07) is 10.3.